The molecule has 1 aromatic carbocycles. The minimum Gasteiger partial charge on any atom is -0.456 e. The summed E-state index contributed by atoms with van der Waals surface area (Å²) in [6, 6.07) is 11.4. The van der Waals surface area contributed by atoms with Crippen molar-refractivity contribution in [3.8, 4) is 6.07 Å². The van der Waals surface area contributed by atoms with Crippen LogP contribution in [0.25, 0.3) is 0 Å². The largest absolute Gasteiger partial charge is 0.456 e. The molecule has 1 amide bonds. The van der Waals surface area contributed by atoms with Crippen LogP contribution in [0.4, 0.5) is 0 Å². The van der Waals surface area contributed by atoms with Crippen molar-refractivity contribution in [2.24, 2.45) is 0 Å². The van der Waals surface area contributed by atoms with E-state index in [9.17, 15) is 14.4 Å². The highest BCUT2D eigenvalue weighted by molar-refractivity contribution is 5.81. The van der Waals surface area contributed by atoms with E-state index in [0.29, 0.717) is 17.7 Å². The van der Waals surface area contributed by atoms with Gasteiger partial charge in [-0.25, -0.2) is 0 Å². The monoisotopic (exact) mass is 409 g/mol. The van der Waals surface area contributed by atoms with Gasteiger partial charge in [-0.1, -0.05) is 43.7 Å². The first kappa shape index (κ1) is 22.9. The fourth-order valence-corrected chi connectivity index (χ4v) is 3.40. The summed E-state index contributed by atoms with van der Waals surface area (Å²) in [5, 5.41) is 12.0. The number of pyridine rings is 1. The van der Waals surface area contributed by atoms with Gasteiger partial charge >= 0.3 is 5.97 Å². The van der Waals surface area contributed by atoms with E-state index in [1.807, 2.05) is 43.3 Å². The summed E-state index contributed by atoms with van der Waals surface area (Å²) in [5.41, 5.74) is 2.54. The summed E-state index contributed by atoms with van der Waals surface area (Å²) in [6.45, 7) is 5.10. The van der Waals surface area contributed by atoms with E-state index in [4.69, 9.17) is 10.00 Å². The number of H-pyrrole nitrogens is 1. The second kappa shape index (κ2) is 11.0. The van der Waals surface area contributed by atoms with Crippen molar-refractivity contribution >= 4 is 11.9 Å². The van der Waals surface area contributed by atoms with Crippen LogP contribution >= 0.6 is 0 Å². The number of nitriles is 1. The Labute approximate surface area is 176 Å². The number of hydrogen-bond donors (Lipinski definition) is 2. The van der Waals surface area contributed by atoms with Crippen molar-refractivity contribution in [3.05, 3.63) is 68.6 Å². The van der Waals surface area contributed by atoms with Gasteiger partial charge in [0.1, 0.15) is 11.6 Å². The molecule has 0 radical (unpaired) electrons. The maximum absolute atomic E-state index is 12.2. The number of carbonyl (C=O) groups excluding carboxylic acids is 2. The van der Waals surface area contributed by atoms with Crippen LogP contribution in [-0.2, 0) is 20.7 Å². The minimum absolute atomic E-state index is 0.0446. The number of nitrogens with one attached hydrogen (secondary N) is 2. The number of ether oxygens (including phenoxy) is 1. The predicted octanol–water partition coefficient (Wildman–Crippen LogP) is 3.00. The molecule has 1 aromatic heterocycles. The van der Waals surface area contributed by atoms with E-state index in [1.54, 1.807) is 13.8 Å². The lowest BCUT2D eigenvalue weighted by Crippen LogP contribution is -2.32. The van der Waals surface area contributed by atoms with Crippen molar-refractivity contribution in [1.82, 2.24) is 10.3 Å². The number of rotatable bonds is 9. The predicted molar refractivity (Wildman–Crippen MR) is 113 cm³/mol. The van der Waals surface area contributed by atoms with Gasteiger partial charge in [-0.3, -0.25) is 14.4 Å². The van der Waals surface area contributed by atoms with Crippen LogP contribution in [0.3, 0.4) is 0 Å². The second-order valence-electron chi connectivity index (χ2n) is 7.15. The molecule has 1 heterocycles. The lowest BCUT2D eigenvalue weighted by Gasteiger charge is -2.18. The van der Waals surface area contributed by atoms with E-state index in [2.05, 4.69) is 10.3 Å². The molecule has 7 nitrogen and oxygen atoms in total. The zero-order valence-corrected chi connectivity index (χ0v) is 17.6. The number of aryl methyl sites for hydroxylation is 1. The number of amides is 1. The Morgan fingerprint density at radius 1 is 1.23 bits per heavy atom. The molecule has 0 saturated heterocycles. The first-order chi connectivity index (χ1) is 14.4. The molecule has 7 heteroatoms. The summed E-state index contributed by atoms with van der Waals surface area (Å²) < 4.78 is 5.11. The molecule has 158 valence electrons. The van der Waals surface area contributed by atoms with Gasteiger partial charge in [0.15, 0.2) is 6.61 Å². The average molecular weight is 409 g/mol. The Morgan fingerprint density at radius 3 is 2.57 bits per heavy atom. The fourth-order valence-electron chi connectivity index (χ4n) is 3.40. The smallest absolute Gasteiger partial charge is 0.306 e. The molecule has 2 rings (SSSR count). The molecule has 0 spiro atoms. The van der Waals surface area contributed by atoms with Crippen molar-refractivity contribution in [2.75, 3.05) is 6.61 Å². The van der Waals surface area contributed by atoms with Crippen LogP contribution in [-0.4, -0.2) is 23.5 Å². The van der Waals surface area contributed by atoms with E-state index < -0.39 is 11.5 Å². The number of esters is 1. The molecule has 0 saturated carbocycles. The molecule has 0 aliphatic heterocycles. The Hall–Kier alpha value is -3.40. The van der Waals surface area contributed by atoms with Gasteiger partial charge in [-0.2, -0.15) is 5.26 Å². The summed E-state index contributed by atoms with van der Waals surface area (Å²) >= 11 is 0. The second-order valence-corrected chi connectivity index (χ2v) is 7.15. The highest BCUT2D eigenvalue weighted by Crippen LogP contribution is 2.18. The van der Waals surface area contributed by atoms with Crippen LogP contribution in [0.1, 0.15) is 60.2 Å². The number of hydrogen-bond acceptors (Lipinski definition) is 5. The highest BCUT2D eigenvalue weighted by atomic mass is 16.5. The van der Waals surface area contributed by atoms with E-state index in [1.165, 1.54) is 0 Å². The van der Waals surface area contributed by atoms with Gasteiger partial charge in [-0.15, -0.1) is 0 Å². The van der Waals surface area contributed by atoms with E-state index >= 15 is 0 Å². The van der Waals surface area contributed by atoms with Crippen molar-refractivity contribution < 1.29 is 14.3 Å². The molecule has 30 heavy (non-hydrogen) atoms. The molecule has 2 aromatic rings. The fraction of sp³-hybridized carbons (Fsp3) is 0.391. The third kappa shape index (κ3) is 6.05. The normalized spacial score (nSPS) is 11.4. The molecular formula is C23H27N3O4. The Balaban J connectivity index is 1.90. The maximum atomic E-state index is 12.2. The van der Waals surface area contributed by atoms with Crippen molar-refractivity contribution in [1.29, 1.82) is 5.26 Å². The Bertz CT molecular complexity index is 990. The molecule has 0 bridgehead atoms. The zero-order chi connectivity index (χ0) is 22.1. The molecular weight excluding hydrogens is 382 g/mol. The molecule has 0 fully saturated rings. The highest BCUT2D eigenvalue weighted by Gasteiger charge is 2.17. The number of aromatic nitrogens is 1. The summed E-state index contributed by atoms with van der Waals surface area (Å²) in [7, 11) is 0. The quantitative estimate of drug-likeness (QED) is 0.618. The summed E-state index contributed by atoms with van der Waals surface area (Å²) in [6.07, 6.45) is 2.05. The van der Waals surface area contributed by atoms with E-state index in [0.717, 1.165) is 24.0 Å². The standard InChI is InChI=1S/C23H27N3O4/c1-4-8-20(17-9-6-5-7-10-17)26-21(27)14-30-22(28)12-11-18-15(2)19(13-24)23(29)25-16(18)3/h5-7,9-10,20H,4,8,11-12,14H2,1-3H3,(H,25,29)(H,26,27)/t20-/m1/s1. The summed E-state index contributed by atoms with van der Waals surface area (Å²) in [4.78, 5) is 38.8. The molecule has 0 aliphatic carbocycles. The first-order valence-corrected chi connectivity index (χ1v) is 9.99. The third-order valence-electron chi connectivity index (χ3n) is 4.98. The summed E-state index contributed by atoms with van der Waals surface area (Å²) in [5.74, 6) is -0.866. The lowest BCUT2D eigenvalue weighted by molar-refractivity contribution is -0.148. The topological polar surface area (TPSA) is 112 Å². The van der Waals surface area contributed by atoms with Gasteiger partial charge in [0, 0.05) is 12.1 Å². The van der Waals surface area contributed by atoms with Crippen LogP contribution in [0.15, 0.2) is 35.1 Å². The van der Waals surface area contributed by atoms with Gasteiger partial charge in [0.05, 0.1) is 6.04 Å². The van der Waals surface area contributed by atoms with Gasteiger partial charge in [-0.05, 0) is 43.4 Å². The third-order valence-corrected chi connectivity index (χ3v) is 4.98. The van der Waals surface area contributed by atoms with Crippen LogP contribution in [0.2, 0.25) is 0 Å². The number of aromatic amines is 1. The SMILES string of the molecule is CCC[C@@H](NC(=O)COC(=O)CCc1c(C)[nH]c(=O)c(C#N)c1C)c1ccccc1. The van der Waals surface area contributed by atoms with Crippen molar-refractivity contribution in [3.63, 3.8) is 0 Å². The number of carbonyl (C=O) groups is 2. The minimum atomic E-state index is -0.514. The maximum Gasteiger partial charge on any atom is 0.306 e. The van der Waals surface area contributed by atoms with Gasteiger partial charge < -0.3 is 15.0 Å². The Morgan fingerprint density at radius 2 is 1.93 bits per heavy atom. The van der Waals surface area contributed by atoms with Gasteiger partial charge in [0.2, 0.25) is 0 Å². The number of nitrogens with zero attached hydrogens (tertiary/aromatic N) is 1. The van der Waals surface area contributed by atoms with Crippen molar-refractivity contribution in [2.45, 2.75) is 52.5 Å². The first-order valence-electron chi connectivity index (χ1n) is 9.99. The average Bonchev–Trinajstić information content (AvgIpc) is 2.72. The zero-order valence-electron chi connectivity index (χ0n) is 17.6. The molecule has 0 aliphatic rings. The molecule has 2 N–H and O–H groups in total. The van der Waals surface area contributed by atoms with Crippen LogP contribution in [0.5, 0.6) is 0 Å². The van der Waals surface area contributed by atoms with Crippen LogP contribution in [0, 0.1) is 25.2 Å². The van der Waals surface area contributed by atoms with Gasteiger partial charge in [0.25, 0.3) is 11.5 Å². The molecule has 0 unspecified atom stereocenters. The Kier molecular flexibility index (Phi) is 8.36. The molecule has 1 atom stereocenters. The number of benzene rings is 1. The van der Waals surface area contributed by atoms with E-state index in [-0.39, 0.29) is 30.5 Å². The lowest BCUT2D eigenvalue weighted by atomic mass is 9.99. The van der Waals surface area contributed by atoms with Crippen LogP contribution < -0.4 is 10.9 Å².